The molecule has 3 aromatic rings. The van der Waals surface area contributed by atoms with Crippen LogP contribution in [0.4, 0.5) is 25.8 Å². The van der Waals surface area contributed by atoms with Gasteiger partial charge in [0.1, 0.15) is 0 Å². The summed E-state index contributed by atoms with van der Waals surface area (Å²) in [6.07, 6.45) is 1.62. The number of hydrogen-bond acceptors (Lipinski definition) is 3. The Labute approximate surface area is 127 Å². The van der Waals surface area contributed by atoms with E-state index in [9.17, 15) is 8.78 Å². The maximum atomic E-state index is 13.7. The topological polar surface area (TPSA) is 50.9 Å². The first kappa shape index (κ1) is 13.8. The van der Waals surface area contributed by atoms with Gasteiger partial charge in [-0.2, -0.15) is 0 Å². The molecule has 3 nitrogen and oxygen atoms in total. The van der Waals surface area contributed by atoms with Crippen LogP contribution in [0.15, 0.2) is 47.1 Å². The summed E-state index contributed by atoms with van der Waals surface area (Å²) < 4.78 is 27.8. The molecule has 3 N–H and O–H groups in total. The molecule has 3 rings (SSSR count). The number of rotatable bonds is 2. The van der Waals surface area contributed by atoms with Crippen molar-refractivity contribution in [1.29, 1.82) is 0 Å². The van der Waals surface area contributed by atoms with Crippen molar-refractivity contribution in [2.45, 2.75) is 0 Å². The van der Waals surface area contributed by atoms with E-state index in [1.807, 2.05) is 6.07 Å². The van der Waals surface area contributed by atoms with E-state index in [2.05, 4.69) is 26.2 Å². The van der Waals surface area contributed by atoms with Gasteiger partial charge in [0.2, 0.25) is 0 Å². The molecule has 0 spiro atoms. The van der Waals surface area contributed by atoms with Crippen LogP contribution in [0.3, 0.4) is 0 Å². The molecule has 0 atom stereocenters. The van der Waals surface area contributed by atoms with Crippen LogP contribution in [-0.4, -0.2) is 4.98 Å². The summed E-state index contributed by atoms with van der Waals surface area (Å²) in [6.45, 7) is 0. The van der Waals surface area contributed by atoms with Crippen molar-refractivity contribution in [3.63, 3.8) is 0 Å². The van der Waals surface area contributed by atoms with Crippen molar-refractivity contribution in [2.75, 3.05) is 11.1 Å². The van der Waals surface area contributed by atoms with E-state index in [4.69, 9.17) is 5.73 Å². The molecule has 106 valence electrons. The number of nitrogen functional groups attached to an aromatic ring is 1. The number of aromatic nitrogens is 1. The molecule has 1 aromatic heterocycles. The lowest BCUT2D eigenvalue weighted by atomic mass is 10.1. The van der Waals surface area contributed by atoms with Gasteiger partial charge in [0.25, 0.3) is 0 Å². The molecule has 0 aliphatic heterocycles. The third-order valence-electron chi connectivity index (χ3n) is 3.07. The Morgan fingerprint density at radius 1 is 1.10 bits per heavy atom. The highest BCUT2D eigenvalue weighted by atomic mass is 79.9. The maximum absolute atomic E-state index is 13.7. The maximum Gasteiger partial charge on any atom is 0.182 e. The molecule has 0 unspecified atom stereocenters. The van der Waals surface area contributed by atoms with Crippen LogP contribution >= 0.6 is 15.9 Å². The molecule has 0 amide bonds. The van der Waals surface area contributed by atoms with Gasteiger partial charge in [-0.1, -0.05) is 6.07 Å². The summed E-state index contributed by atoms with van der Waals surface area (Å²) in [7, 11) is 0. The van der Waals surface area contributed by atoms with E-state index < -0.39 is 11.6 Å². The number of nitrogens with two attached hydrogens (primary N) is 1. The second-order valence-electron chi connectivity index (χ2n) is 4.48. The summed E-state index contributed by atoms with van der Waals surface area (Å²) in [4.78, 5) is 4.28. The molecule has 0 radical (unpaired) electrons. The quantitative estimate of drug-likeness (QED) is 0.664. The summed E-state index contributed by atoms with van der Waals surface area (Å²) in [5.74, 6) is -1.84. The molecule has 0 fully saturated rings. The van der Waals surface area contributed by atoms with Crippen molar-refractivity contribution >= 4 is 43.9 Å². The zero-order chi connectivity index (χ0) is 15.0. The van der Waals surface area contributed by atoms with Gasteiger partial charge in [-0.3, -0.25) is 4.98 Å². The van der Waals surface area contributed by atoms with E-state index in [1.165, 1.54) is 12.1 Å². The zero-order valence-electron chi connectivity index (χ0n) is 10.7. The lowest BCUT2D eigenvalue weighted by molar-refractivity contribution is 0.512. The van der Waals surface area contributed by atoms with E-state index >= 15 is 0 Å². The van der Waals surface area contributed by atoms with E-state index in [0.29, 0.717) is 16.9 Å². The average molecular weight is 350 g/mol. The molecular formula is C15H10BrF2N3. The van der Waals surface area contributed by atoms with Crippen molar-refractivity contribution in [2.24, 2.45) is 0 Å². The Bertz CT molecular complexity index is 837. The molecular weight excluding hydrogens is 340 g/mol. The van der Waals surface area contributed by atoms with Crippen molar-refractivity contribution in [3.8, 4) is 0 Å². The first-order chi connectivity index (χ1) is 10.1. The van der Waals surface area contributed by atoms with Crippen molar-refractivity contribution in [3.05, 3.63) is 58.7 Å². The SMILES string of the molecule is Nc1ccc(Nc2cccc(F)c2F)c2ncc(Br)cc12. The number of nitrogens with one attached hydrogen (secondary N) is 1. The van der Waals surface area contributed by atoms with Gasteiger partial charge in [-0.25, -0.2) is 8.78 Å². The number of pyridine rings is 1. The summed E-state index contributed by atoms with van der Waals surface area (Å²) in [5.41, 5.74) is 7.66. The van der Waals surface area contributed by atoms with Crippen LogP contribution in [-0.2, 0) is 0 Å². The monoisotopic (exact) mass is 349 g/mol. The van der Waals surface area contributed by atoms with Gasteiger partial charge in [-0.15, -0.1) is 0 Å². The van der Waals surface area contributed by atoms with Gasteiger partial charge in [0.15, 0.2) is 11.6 Å². The number of hydrogen-bond donors (Lipinski definition) is 2. The van der Waals surface area contributed by atoms with E-state index in [1.54, 1.807) is 18.3 Å². The smallest absolute Gasteiger partial charge is 0.182 e. The fourth-order valence-corrected chi connectivity index (χ4v) is 2.39. The Morgan fingerprint density at radius 2 is 1.90 bits per heavy atom. The number of benzene rings is 2. The summed E-state index contributed by atoms with van der Waals surface area (Å²) in [5, 5.41) is 3.58. The first-order valence-electron chi connectivity index (χ1n) is 6.11. The summed E-state index contributed by atoms with van der Waals surface area (Å²) >= 11 is 3.33. The van der Waals surface area contributed by atoms with Crippen LogP contribution in [0, 0.1) is 11.6 Å². The fourth-order valence-electron chi connectivity index (χ4n) is 2.06. The Balaban J connectivity index is 2.13. The molecule has 21 heavy (non-hydrogen) atoms. The van der Waals surface area contributed by atoms with Crippen molar-refractivity contribution in [1.82, 2.24) is 4.98 Å². The van der Waals surface area contributed by atoms with Gasteiger partial charge >= 0.3 is 0 Å². The third-order valence-corrected chi connectivity index (χ3v) is 3.50. The molecule has 0 saturated carbocycles. The molecule has 6 heteroatoms. The van der Waals surface area contributed by atoms with Crippen molar-refractivity contribution < 1.29 is 8.78 Å². The molecule has 0 bridgehead atoms. The minimum Gasteiger partial charge on any atom is -0.398 e. The van der Waals surface area contributed by atoms with Gasteiger partial charge < -0.3 is 11.1 Å². The van der Waals surface area contributed by atoms with E-state index in [0.717, 1.165) is 15.9 Å². The second-order valence-corrected chi connectivity index (χ2v) is 5.39. The molecule has 0 saturated heterocycles. The predicted molar refractivity (Wildman–Crippen MR) is 83.5 cm³/mol. The van der Waals surface area contributed by atoms with Crippen LogP contribution in [0.2, 0.25) is 0 Å². The second kappa shape index (κ2) is 5.29. The third kappa shape index (κ3) is 2.54. The van der Waals surface area contributed by atoms with Crippen LogP contribution < -0.4 is 11.1 Å². The largest absolute Gasteiger partial charge is 0.398 e. The Hall–Kier alpha value is -2.21. The Morgan fingerprint density at radius 3 is 2.71 bits per heavy atom. The number of halogens is 3. The lowest BCUT2D eigenvalue weighted by Crippen LogP contribution is -1.99. The highest BCUT2D eigenvalue weighted by Crippen LogP contribution is 2.31. The number of fused-ring (bicyclic) bond motifs is 1. The number of nitrogens with zero attached hydrogens (tertiary/aromatic N) is 1. The van der Waals surface area contributed by atoms with Crippen LogP contribution in [0.5, 0.6) is 0 Å². The molecule has 0 aliphatic carbocycles. The minimum absolute atomic E-state index is 0.0470. The normalized spacial score (nSPS) is 10.8. The minimum atomic E-state index is -0.931. The number of anilines is 3. The van der Waals surface area contributed by atoms with Gasteiger partial charge in [-0.05, 0) is 46.3 Å². The lowest BCUT2D eigenvalue weighted by Gasteiger charge is -2.11. The highest BCUT2D eigenvalue weighted by Gasteiger charge is 2.11. The highest BCUT2D eigenvalue weighted by molar-refractivity contribution is 9.10. The summed E-state index contributed by atoms with van der Waals surface area (Å²) in [6, 6.07) is 9.16. The van der Waals surface area contributed by atoms with Crippen LogP contribution in [0.1, 0.15) is 0 Å². The van der Waals surface area contributed by atoms with E-state index in [-0.39, 0.29) is 5.69 Å². The Kier molecular flexibility index (Phi) is 3.47. The van der Waals surface area contributed by atoms with Crippen LogP contribution in [0.25, 0.3) is 10.9 Å². The van der Waals surface area contributed by atoms with Gasteiger partial charge in [0, 0.05) is 21.7 Å². The zero-order valence-corrected chi connectivity index (χ0v) is 12.3. The average Bonchev–Trinajstić information content (AvgIpc) is 2.47. The predicted octanol–water partition coefficient (Wildman–Crippen LogP) is 4.60. The molecule has 0 aliphatic rings. The fraction of sp³-hybridized carbons (Fsp3) is 0. The molecule has 1 heterocycles. The standard InChI is InChI=1S/C15H10BrF2N3/c16-8-6-9-11(19)4-5-13(15(9)20-7-8)21-12-3-1-2-10(17)14(12)18/h1-7,21H,19H2. The molecule has 2 aromatic carbocycles. The first-order valence-corrected chi connectivity index (χ1v) is 6.90. The van der Waals surface area contributed by atoms with Gasteiger partial charge in [0.05, 0.1) is 16.9 Å².